The first-order chi connectivity index (χ1) is 3.42. The van der Waals surface area contributed by atoms with Crippen molar-refractivity contribution >= 4 is 50.5 Å². The second-order valence-corrected chi connectivity index (χ2v) is 4.60. The van der Waals surface area contributed by atoms with Gasteiger partial charge in [0.1, 0.15) is 0 Å². The van der Waals surface area contributed by atoms with Crippen LogP contribution in [0.15, 0.2) is 0 Å². The van der Waals surface area contributed by atoms with E-state index >= 15 is 0 Å². The normalized spacial score (nSPS) is 16.0. The summed E-state index contributed by atoms with van der Waals surface area (Å²) < 4.78 is 21.2. The minimum Gasteiger partial charge on any atom is -0.750 e. The third-order valence-corrected chi connectivity index (χ3v) is 1.26. The van der Waals surface area contributed by atoms with Crippen molar-refractivity contribution in [1.82, 2.24) is 0 Å². The van der Waals surface area contributed by atoms with E-state index < -0.39 is 14.8 Å². The summed E-state index contributed by atoms with van der Waals surface area (Å²) in [5.74, 6) is 0. The van der Waals surface area contributed by atoms with E-state index in [0.29, 0.717) is 0 Å². The summed E-state index contributed by atoms with van der Waals surface area (Å²) in [7, 11) is 0. The van der Waals surface area contributed by atoms with Crippen molar-refractivity contribution in [2.45, 2.75) is 3.43 Å². The Balaban J connectivity index is 3.55. The molecule has 7 heteroatoms. The molecule has 0 N–H and O–H groups in total. The molecule has 1 atom stereocenters. The monoisotopic (exact) mass is 241 g/mol. The van der Waals surface area contributed by atoms with Crippen molar-refractivity contribution in [3.8, 4) is 0 Å². The fraction of sp³-hybridized carbons (Fsp3) is 1.00. The largest absolute Gasteiger partial charge is 0.750 e. The van der Waals surface area contributed by atoms with Crippen LogP contribution >= 0.6 is 39.1 Å². The van der Waals surface area contributed by atoms with E-state index in [1.807, 2.05) is 0 Å². The zero-order valence-electron chi connectivity index (χ0n) is 3.27. The highest BCUT2D eigenvalue weighted by molar-refractivity contribution is 9.11. The second kappa shape index (κ2) is 3.34. The number of alkyl halides is 3. The van der Waals surface area contributed by atoms with E-state index in [0.717, 1.165) is 0 Å². The van der Waals surface area contributed by atoms with E-state index in [1.165, 1.54) is 0 Å². The van der Waals surface area contributed by atoms with E-state index in [4.69, 9.17) is 23.2 Å². The molecule has 0 aliphatic heterocycles. The topological polar surface area (TPSA) is 49.4 Å². The summed E-state index contributed by atoms with van der Waals surface area (Å²) in [5, 5.41) is 0. The molecule has 0 aliphatic carbocycles. The molecular formula is CBrCl2O3S-. The van der Waals surface area contributed by atoms with Crippen molar-refractivity contribution in [1.29, 1.82) is 0 Å². The Morgan fingerprint density at radius 3 is 2.12 bits per heavy atom. The molecule has 3 nitrogen and oxygen atoms in total. The van der Waals surface area contributed by atoms with Crippen LogP contribution in [0.3, 0.4) is 0 Å². The van der Waals surface area contributed by atoms with Crippen LogP contribution < -0.4 is 0 Å². The number of hydrogen-bond acceptors (Lipinski definition) is 3. The van der Waals surface area contributed by atoms with Gasteiger partial charge in [0, 0.05) is 0 Å². The maximum absolute atomic E-state index is 9.59. The molecule has 50 valence electrons. The number of rotatable bonds is 2. The Kier molecular flexibility index (Phi) is 3.81. The first-order valence-corrected chi connectivity index (χ1v) is 3.82. The highest BCUT2D eigenvalue weighted by Gasteiger charge is 2.19. The third kappa shape index (κ3) is 7.13. The zero-order valence-corrected chi connectivity index (χ0v) is 7.18. The van der Waals surface area contributed by atoms with Crippen molar-refractivity contribution < 1.29 is 12.9 Å². The summed E-state index contributed by atoms with van der Waals surface area (Å²) in [6, 6.07) is 0. The van der Waals surface area contributed by atoms with Crippen molar-refractivity contribution in [2.75, 3.05) is 0 Å². The van der Waals surface area contributed by atoms with Crippen LogP contribution in [0.25, 0.3) is 0 Å². The molecule has 0 aromatic rings. The molecule has 0 spiro atoms. The van der Waals surface area contributed by atoms with Crippen LogP contribution in [-0.4, -0.2) is 12.2 Å². The van der Waals surface area contributed by atoms with Gasteiger partial charge in [0.15, 0.2) is 0 Å². The standard InChI is InChI=1S/CHBrCl2O3S/c2-1(3,4)7-8(5)6/h(H,5,6)/p-1. The molecular weight excluding hydrogens is 243 g/mol. The van der Waals surface area contributed by atoms with Gasteiger partial charge in [-0.2, -0.15) is 0 Å². The average molecular weight is 243 g/mol. The van der Waals surface area contributed by atoms with Crippen LogP contribution in [0.2, 0.25) is 0 Å². The molecule has 0 amide bonds. The Labute approximate surface area is 66.9 Å². The molecule has 1 unspecified atom stereocenters. The summed E-state index contributed by atoms with van der Waals surface area (Å²) in [6.45, 7) is 0. The SMILES string of the molecule is O=S([O-])OC(Cl)(Cl)Br. The van der Waals surface area contributed by atoms with Crippen LogP contribution in [0.4, 0.5) is 0 Å². The Morgan fingerprint density at radius 2 is 2.12 bits per heavy atom. The fourth-order valence-electron chi connectivity index (χ4n) is 0.0772. The van der Waals surface area contributed by atoms with Crippen molar-refractivity contribution in [2.24, 2.45) is 0 Å². The lowest BCUT2D eigenvalue weighted by Gasteiger charge is -2.12. The Hall–Kier alpha value is 1.13. The first kappa shape index (κ1) is 9.13. The third-order valence-electron chi connectivity index (χ3n) is 0.163. The van der Waals surface area contributed by atoms with Gasteiger partial charge < -0.3 is 4.55 Å². The van der Waals surface area contributed by atoms with E-state index in [9.17, 15) is 8.76 Å². The van der Waals surface area contributed by atoms with Gasteiger partial charge in [-0.15, -0.1) is 0 Å². The molecule has 0 saturated carbocycles. The molecule has 0 bridgehead atoms. The van der Waals surface area contributed by atoms with Gasteiger partial charge in [-0.25, -0.2) is 4.21 Å². The Bertz CT molecular complexity index is 99.9. The lowest BCUT2D eigenvalue weighted by molar-refractivity contribution is 0.312. The van der Waals surface area contributed by atoms with Gasteiger partial charge >= 0.3 is 0 Å². The molecule has 0 rings (SSSR count). The van der Waals surface area contributed by atoms with Crippen molar-refractivity contribution in [3.63, 3.8) is 0 Å². The smallest absolute Gasteiger partial charge is 0.287 e. The van der Waals surface area contributed by atoms with Gasteiger partial charge in [0.05, 0.1) is 11.4 Å². The molecule has 0 aromatic carbocycles. The highest BCUT2D eigenvalue weighted by atomic mass is 79.9. The minimum absolute atomic E-state index is 1.83. The molecule has 0 saturated heterocycles. The molecule has 0 radical (unpaired) electrons. The second-order valence-electron chi connectivity index (χ2n) is 0.733. The van der Waals surface area contributed by atoms with E-state index in [2.05, 4.69) is 20.1 Å². The van der Waals surface area contributed by atoms with Gasteiger partial charge in [-0.1, -0.05) is 23.2 Å². The quantitative estimate of drug-likeness (QED) is 0.542. The van der Waals surface area contributed by atoms with Crippen molar-refractivity contribution in [3.05, 3.63) is 0 Å². The van der Waals surface area contributed by atoms with Gasteiger partial charge in [0.2, 0.25) is 0 Å². The molecule has 0 fully saturated rings. The highest BCUT2D eigenvalue weighted by Crippen LogP contribution is 2.30. The lowest BCUT2D eigenvalue weighted by Crippen LogP contribution is -2.09. The molecule has 0 aliphatic rings. The summed E-state index contributed by atoms with van der Waals surface area (Å²) in [4.78, 5) is 0. The molecule has 8 heavy (non-hydrogen) atoms. The average Bonchev–Trinajstić information content (AvgIpc) is 1.21. The molecule has 0 aromatic heterocycles. The summed E-state index contributed by atoms with van der Waals surface area (Å²) in [6.07, 6.45) is 0. The van der Waals surface area contributed by atoms with Crippen LogP contribution in [0, 0.1) is 0 Å². The fourth-order valence-corrected chi connectivity index (χ4v) is 0.864. The van der Waals surface area contributed by atoms with Gasteiger partial charge in [-0.3, -0.25) is 4.18 Å². The van der Waals surface area contributed by atoms with Crippen LogP contribution in [0.1, 0.15) is 0 Å². The zero-order chi connectivity index (χ0) is 6.78. The minimum atomic E-state index is -2.70. The maximum Gasteiger partial charge on any atom is 0.287 e. The number of halogens is 3. The van der Waals surface area contributed by atoms with Crippen LogP contribution in [0.5, 0.6) is 0 Å². The molecule has 0 heterocycles. The lowest BCUT2D eigenvalue weighted by atomic mass is 11.7. The van der Waals surface area contributed by atoms with Gasteiger partial charge in [0.25, 0.3) is 3.43 Å². The van der Waals surface area contributed by atoms with E-state index in [-0.39, 0.29) is 0 Å². The predicted molar refractivity (Wildman–Crippen MR) is 33.4 cm³/mol. The predicted octanol–water partition coefficient (Wildman–Crippen LogP) is 1.28. The maximum atomic E-state index is 9.59. The summed E-state index contributed by atoms with van der Waals surface area (Å²) >= 11 is 9.79. The number of hydrogen-bond donors (Lipinski definition) is 0. The Morgan fingerprint density at radius 1 is 1.75 bits per heavy atom. The van der Waals surface area contributed by atoms with Crippen LogP contribution in [-0.2, 0) is 15.5 Å². The summed E-state index contributed by atoms with van der Waals surface area (Å²) in [5.41, 5.74) is 0. The first-order valence-electron chi connectivity index (χ1n) is 1.27. The van der Waals surface area contributed by atoms with Gasteiger partial charge in [-0.05, 0) is 15.9 Å². The van der Waals surface area contributed by atoms with E-state index in [1.54, 1.807) is 0 Å².